The highest BCUT2D eigenvalue weighted by atomic mass is 32.1. The predicted octanol–water partition coefficient (Wildman–Crippen LogP) is 2.58. The molecule has 0 spiro atoms. The third kappa shape index (κ3) is 3.06. The third-order valence-electron chi connectivity index (χ3n) is 3.52. The van der Waals surface area contributed by atoms with E-state index in [-0.39, 0.29) is 6.04 Å². The number of aromatic nitrogens is 1. The van der Waals surface area contributed by atoms with E-state index < -0.39 is 0 Å². The molecular weight excluding hydrogens is 230 g/mol. The lowest BCUT2D eigenvalue weighted by molar-refractivity contribution is 0.202. The van der Waals surface area contributed by atoms with Crippen LogP contribution in [0.25, 0.3) is 0 Å². The maximum Gasteiger partial charge on any atom is 0.0943 e. The molecule has 2 N–H and O–H groups in total. The molecule has 1 aliphatic heterocycles. The summed E-state index contributed by atoms with van der Waals surface area (Å²) in [6, 6.07) is 1.45. The summed E-state index contributed by atoms with van der Waals surface area (Å²) in [5.74, 6) is 0. The molecule has 2 rings (SSSR count). The van der Waals surface area contributed by atoms with Gasteiger partial charge in [-0.25, -0.2) is 4.98 Å². The Hall–Kier alpha value is -0.450. The summed E-state index contributed by atoms with van der Waals surface area (Å²) in [5.41, 5.74) is 5.87. The van der Waals surface area contributed by atoms with Crippen LogP contribution in [0, 0.1) is 0 Å². The summed E-state index contributed by atoms with van der Waals surface area (Å²) in [7, 11) is 0. The SMILES string of the molecule is CC(N)c1cnc(CC2CCCN2C(C)C)s1. The standard InChI is InChI=1S/C13H23N3S/c1-9(2)16-6-4-5-11(16)7-13-15-8-12(17-13)10(3)14/h8-11H,4-7,14H2,1-3H3. The van der Waals surface area contributed by atoms with Crippen molar-refractivity contribution in [2.75, 3.05) is 6.54 Å². The first kappa shape index (κ1) is 13.0. The zero-order chi connectivity index (χ0) is 12.4. The van der Waals surface area contributed by atoms with Crippen molar-refractivity contribution in [1.82, 2.24) is 9.88 Å². The number of hydrogen-bond acceptors (Lipinski definition) is 4. The van der Waals surface area contributed by atoms with Crippen molar-refractivity contribution in [3.05, 3.63) is 16.1 Å². The van der Waals surface area contributed by atoms with Gasteiger partial charge in [-0.15, -0.1) is 11.3 Å². The van der Waals surface area contributed by atoms with Crippen LogP contribution in [0.1, 0.15) is 49.5 Å². The average molecular weight is 253 g/mol. The van der Waals surface area contributed by atoms with Crippen molar-refractivity contribution in [3.63, 3.8) is 0 Å². The van der Waals surface area contributed by atoms with Crippen molar-refractivity contribution in [3.8, 4) is 0 Å². The first-order valence-corrected chi connectivity index (χ1v) is 7.35. The Bertz CT molecular complexity index is 359. The Labute approximate surface area is 108 Å². The molecule has 0 aliphatic carbocycles. The van der Waals surface area contributed by atoms with E-state index in [1.54, 1.807) is 11.3 Å². The van der Waals surface area contributed by atoms with Gasteiger partial charge in [0.1, 0.15) is 0 Å². The quantitative estimate of drug-likeness (QED) is 0.897. The van der Waals surface area contributed by atoms with Crippen LogP contribution in [0.2, 0.25) is 0 Å². The molecule has 1 aromatic heterocycles. The van der Waals surface area contributed by atoms with E-state index in [2.05, 4.69) is 23.7 Å². The fraction of sp³-hybridized carbons (Fsp3) is 0.769. The summed E-state index contributed by atoms with van der Waals surface area (Å²) in [6.07, 6.45) is 5.68. The second-order valence-corrected chi connectivity index (χ2v) is 6.42. The van der Waals surface area contributed by atoms with Crippen molar-refractivity contribution >= 4 is 11.3 Å². The van der Waals surface area contributed by atoms with Crippen LogP contribution in [0.4, 0.5) is 0 Å². The third-order valence-corrected chi connectivity index (χ3v) is 4.74. The van der Waals surface area contributed by atoms with Crippen molar-refractivity contribution < 1.29 is 0 Å². The molecule has 1 aromatic rings. The first-order valence-electron chi connectivity index (χ1n) is 6.54. The van der Waals surface area contributed by atoms with Gasteiger partial charge in [0.25, 0.3) is 0 Å². The number of rotatable bonds is 4. The van der Waals surface area contributed by atoms with Crippen LogP contribution < -0.4 is 5.73 Å². The first-order chi connectivity index (χ1) is 8.08. The number of likely N-dealkylation sites (tertiary alicyclic amines) is 1. The largest absolute Gasteiger partial charge is 0.323 e. The summed E-state index contributed by atoms with van der Waals surface area (Å²) < 4.78 is 0. The molecule has 0 radical (unpaired) electrons. The molecule has 2 atom stereocenters. The van der Waals surface area contributed by atoms with Gasteiger partial charge in [0.05, 0.1) is 5.01 Å². The number of nitrogens with zero attached hydrogens (tertiary/aromatic N) is 2. The molecule has 1 saturated heterocycles. The van der Waals surface area contributed by atoms with E-state index in [1.165, 1.54) is 29.3 Å². The Balaban J connectivity index is 1.99. The lowest BCUT2D eigenvalue weighted by atomic mass is 10.1. The van der Waals surface area contributed by atoms with Gasteiger partial charge in [-0.3, -0.25) is 4.90 Å². The highest BCUT2D eigenvalue weighted by molar-refractivity contribution is 7.11. The maximum atomic E-state index is 5.87. The summed E-state index contributed by atoms with van der Waals surface area (Å²) >= 11 is 1.78. The van der Waals surface area contributed by atoms with Gasteiger partial charge in [0, 0.05) is 35.6 Å². The predicted molar refractivity (Wildman–Crippen MR) is 73.3 cm³/mol. The van der Waals surface area contributed by atoms with Gasteiger partial charge in [-0.1, -0.05) is 0 Å². The second kappa shape index (κ2) is 5.46. The molecule has 17 heavy (non-hydrogen) atoms. The number of nitrogens with two attached hydrogens (primary N) is 1. The van der Waals surface area contributed by atoms with Gasteiger partial charge >= 0.3 is 0 Å². The fourth-order valence-electron chi connectivity index (χ4n) is 2.59. The Morgan fingerprint density at radius 1 is 1.53 bits per heavy atom. The normalized spacial score (nSPS) is 23.5. The molecule has 0 saturated carbocycles. The summed E-state index contributed by atoms with van der Waals surface area (Å²) in [5, 5.41) is 1.25. The number of thiazole rings is 1. The van der Waals surface area contributed by atoms with E-state index in [9.17, 15) is 0 Å². The topological polar surface area (TPSA) is 42.1 Å². The molecule has 3 nitrogen and oxygen atoms in total. The molecule has 4 heteroatoms. The van der Waals surface area contributed by atoms with Crippen LogP contribution >= 0.6 is 11.3 Å². The Morgan fingerprint density at radius 3 is 2.88 bits per heavy atom. The molecule has 1 aliphatic rings. The molecule has 96 valence electrons. The maximum absolute atomic E-state index is 5.87. The zero-order valence-electron chi connectivity index (χ0n) is 11.0. The molecule has 0 bridgehead atoms. The van der Waals surface area contributed by atoms with E-state index >= 15 is 0 Å². The highest BCUT2D eigenvalue weighted by Crippen LogP contribution is 2.26. The minimum atomic E-state index is 0.117. The highest BCUT2D eigenvalue weighted by Gasteiger charge is 2.27. The average Bonchev–Trinajstić information content (AvgIpc) is 2.86. The monoisotopic (exact) mass is 253 g/mol. The summed E-state index contributed by atoms with van der Waals surface area (Å²) in [4.78, 5) is 8.31. The Kier molecular flexibility index (Phi) is 4.17. The molecule has 0 aromatic carbocycles. The van der Waals surface area contributed by atoms with Crippen LogP contribution in [-0.4, -0.2) is 28.5 Å². The lowest BCUT2D eigenvalue weighted by Crippen LogP contribution is -2.36. The van der Waals surface area contributed by atoms with E-state index in [4.69, 9.17) is 5.73 Å². The Morgan fingerprint density at radius 2 is 2.29 bits per heavy atom. The van der Waals surface area contributed by atoms with Crippen molar-refractivity contribution in [2.24, 2.45) is 5.73 Å². The zero-order valence-corrected chi connectivity index (χ0v) is 11.8. The number of hydrogen-bond donors (Lipinski definition) is 1. The van der Waals surface area contributed by atoms with E-state index in [0.29, 0.717) is 12.1 Å². The van der Waals surface area contributed by atoms with Crippen LogP contribution in [-0.2, 0) is 6.42 Å². The second-order valence-electron chi connectivity index (χ2n) is 5.28. The van der Waals surface area contributed by atoms with Gasteiger partial charge in [0.15, 0.2) is 0 Å². The van der Waals surface area contributed by atoms with E-state index in [1.807, 2.05) is 13.1 Å². The van der Waals surface area contributed by atoms with Crippen molar-refractivity contribution in [1.29, 1.82) is 0 Å². The lowest BCUT2D eigenvalue weighted by Gasteiger charge is -2.27. The van der Waals surface area contributed by atoms with Gasteiger partial charge in [-0.05, 0) is 40.2 Å². The van der Waals surface area contributed by atoms with Gasteiger partial charge < -0.3 is 5.73 Å². The van der Waals surface area contributed by atoms with Crippen molar-refractivity contribution in [2.45, 2.75) is 58.2 Å². The minimum absolute atomic E-state index is 0.117. The fourth-order valence-corrected chi connectivity index (χ4v) is 3.53. The van der Waals surface area contributed by atoms with Crippen LogP contribution in [0.3, 0.4) is 0 Å². The molecular formula is C13H23N3S. The molecule has 1 fully saturated rings. The molecule has 2 heterocycles. The molecule has 2 unspecified atom stereocenters. The van der Waals surface area contributed by atoms with Gasteiger partial charge in [-0.2, -0.15) is 0 Å². The van der Waals surface area contributed by atoms with Crippen LogP contribution in [0.15, 0.2) is 6.20 Å². The minimum Gasteiger partial charge on any atom is -0.323 e. The smallest absolute Gasteiger partial charge is 0.0943 e. The van der Waals surface area contributed by atoms with Gasteiger partial charge in [0.2, 0.25) is 0 Å². The van der Waals surface area contributed by atoms with E-state index in [0.717, 1.165) is 6.42 Å². The van der Waals surface area contributed by atoms with Crippen LogP contribution in [0.5, 0.6) is 0 Å². The summed E-state index contributed by atoms with van der Waals surface area (Å²) in [6.45, 7) is 7.84. The molecule has 0 amide bonds.